The van der Waals surface area contributed by atoms with E-state index < -0.39 is 0 Å². The topological polar surface area (TPSA) is 0 Å². The van der Waals surface area contributed by atoms with Gasteiger partial charge in [0.15, 0.2) is 0 Å². The van der Waals surface area contributed by atoms with Gasteiger partial charge in [-0.15, -0.1) is 5.92 Å². The third-order valence-corrected chi connectivity index (χ3v) is 5.94. The van der Waals surface area contributed by atoms with Gasteiger partial charge in [0.1, 0.15) is 0 Å². The predicted octanol–water partition coefficient (Wildman–Crippen LogP) is 3.63. The van der Waals surface area contributed by atoms with Gasteiger partial charge in [0.25, 0.3) is 0 Å². The fourth-order valence-corrected chi connectivity index (χ4v) is 4.06. The minimum Gasteiger partial charge on any atom is -0.160 e. The van der Waals surface area contributed by atoms with Gasteiger partial charge < -0.3 is 0 Å². The Morgan fingerprint density at radius 1 is 1.07 bits per heavy atom. The van der Waals surface area contributed by atoms with Crippen molar-refractivity contribution >= 4 is 10.9 Å². The Hall–Kier alpha value is -0.0900. The van der Waals surface area contributed by atoms with Gasteiger partial charge in [-0.1, -0.05) is 30.9 Å². The first-order valence-corrected chi connectivity index (χ1v) is 7.08. The Kier molecular flexibility index (Phi) is 3.23. The number of hydrogen-bond acceptors (Lipinski definition) is 0. The van der Waals surface area contributed by atoms with Gasteiger partial charge in [-0.25, -0.2) is 0 Å². The molecule has 1 aliphatic heterocycles. The molecule has 0 nitrogen and oxygen atoms in total. The van der Waals surface area contributed by atoms with Crippen LogP contribution in [0.4, 0.5) is 0 Å². The van der Waals surface area contributed by atoms with Crippen LogP contribution in [0.2, 0.25) is 0 Å². The average molecular weight is 224 g/mol. The van der Waals surface area contributed by atoms with E-state index in [0.29, 0.717) is 15.6 Å². The van der Waals surface area contributed by atoms with Crippen molar-refractivity contribution in [2.24, 2.45) is 10.8 Å². The summed E-state index contributed by atoms with van der Waals surface area (Å²) < 4.78 is 0.363. The molecule has 1 heteroatoms. The third kappa shape index (κ3) is 3.76. The lowest BCUT2D eigenvalue weighted by atomic mass is 9.92. The van der Waals surface area contributed by atoms with Gasteiger partial charge in [0.2, 0.25) is 0 Å². The van der Waals surface area contributed by atoms with Gasteiger partial charge in [0, 0.05) is 0 Å². The summed E-state index contributed by atoms with van der Waals surface area (Å²) in [6.07, 6.45) is 0. The molecule has 1 atom stereocenters. The second-order valence-corrected chi connectivity index (χ2v) is 9.27. The molecular weight excluding hydrogens is 200 g/mol. The van der Waals surface area contributed by atoms with Crippen molar-refractivity contribution in [3.8, 4) is 11.8 Å². The summed E-state index contributed by atoms with van der Waals surface area (Å²) in [6, 6.07) is 0. The molecule has 1 aliphatic rings. The molecule has 0 aromatic rings. The summed E-state index contributed by atoms with van der Waals surface area (Å²) in [4.78, 5) is 0. The molecule has 0 bridgehead atoms. The molecule has 0 saturated carbocycles. The SMILES string of the molecule is CC1(C)C#CC(C)(C)C[S+](C(C)(C)C)[CH-]1. The number of hydrogen-bond donors (Lipinski definition) is 0. The molecule has 0 spiro atoms. The molecule has 0 N–H and O–H groups in total. The van der Waals surface area contributed by atoms with E-state index in [9.17, 15) is 0 Å². The van der Waals surface area contributed by atoms with E-state index in [-0.39, 0.29) is 10.8 Å². The summed E-state index contributed by atoms with van der Waals surface area (Å²) in [5.41, 5.74) is 0.241. The first-order chi connectivity index (χ1) is 6.52. The molecule has 0 aliphatic carbocycles. The van der Waals surface area contributed by atoms with Gasteiger partial charge in [-0.05, 0) is 34.6 Å². The summed E-state index contributed by atoms with van der Waals surface area (Å²) in [5, 5.41) is 0. The monoisotopic (exact) mass is 224 g/mol. The smallest absolute Gasteiger partial charge is 0.0955 e. The fraction of sp³-hybridized carbons (Fsp3) is 0.786. The molecule has 86 valence electrons. The molecule has 0 saturated heterocycles. The van der Waals surface area contributed by atoms with Crippen LogP contribution in [-0.2, 0) is 10.9 Å². The van der Waals surface area contributed by atoms with Crippen LogP contribution in [0.15, 0.2) is 0 Å². The standard InChI is InChI=1S/C14H24S/c1-12(2,3)15-10-13(4,5)8-9-14(6,7)11-15/h10H,11H2,1-7H3. The van der Waals surface area contributed by atoms with E-state index >= 15 is 0 Å². The van der Waals surface area contributed by atoms with Crippen molar-refractivity contribution in [2.75, 3.05) is 5.75 Å². The van der Waals surface area contributed by atoms with Crippen LogP contribution in [-0.4, -0.2) is 10.5 Å². The van der Waals surface area contributed by atoms with Crippen LogP contribution in [0.5, 0.6) is 0 Å². The molecule has 0 aromatic heterocycles. The van der Waals surface area contributed by atoms with Crippen LogP contribution in [0.25, 0.3) is 0 Å². The Morgan fingerprint density at radius 3 is 2.07 bits per heavy atom. The summed E-state index contributed by atoms with van der Waals surface area (Å²) in [7, 11) is 0.332. The molecule has 15 heavy (non-hydrogen) atoms. The average Bonchev–Trinajstić information content (AvgIpc) is 2.07. The van der Waals surface area contributed by atoms with Gasteiger partial charge >= 0.3 is 0 Å². The van der Waals surface area contributed by atoms with Gasteiger partial charge in [-0.2, -0.15) is 10.9 Å². The van der Waals surface area contributed by atoms with Crippen LogP contribution in [0, 0.1) is 28.4 Å². The van der Waals surface area contributed by atoms with E-state index in [1.807, 2.05) is 0 Å². The molecule has 1 rings (SSSR count). The van der Waals surface area contributed by atoms with Crippen molar-refractivity contribution in [3.05, 3.63) is 5.75 Å². The lowest BCUT2D eigenvalue weighted by Gasteiger charge is -2.36. The second kappa shape index (κ2) is 3.74. The highest BCUT2D eigenvalue weighted by Crippen LogP contribution is 2.37. The maximum absolute atomic E-state index is 3.44. The highest BCUT2D eigenvalue weighted by atomic mass is 32.2. The lowest BCUT2D eigenvalue weighted by Crippen LogP contribution is -2.37. The van der Waals surface area contributed by atoms with Gasteiger partial charge in [-0.3, -0.25) is 0 Å². The minimum absolute atomic E-state index is 0.0736. The Bertz CT molecular complexity index is 272. The summed E-state index contributed by atoms with van der Waals surface area (Å²) in [5.74, 6) is 10.5. The van der Waals surface area contributed by atoms with Crippen LogP contribution >= 0.6 is 0 Å². The van der Waals surface area contributed by atoms with Crippen LogP contribution in [0.3, 0.4) is 0 Å². The lowest BCUT2D eigenvalue weighted by molar-refractivity contribution is 0.576. The zero-order valence-electron chi connectivity index (χ0n) is 11.2. The first kappa shape index (κ1) is 13.0. The zero-order valence-corrected chi connectivity index (χ0v) is 12.0. The summed E-state index contributed by atoms with van der Waals surface area (Å²) in [6.45, 7) is 16.0. The highest BCUT2D eigenvalue weighted by molar-refractivity contribution is 8.00. The van der Waals surface area contributed by atoms with Crippen molar-refractivity contribution in [2.45, 2.75) is 53.2 Å². The van der Waals surface area contributed by atoms with E-state index in [4.69, 9.17) is 0 Å². The largest absolute Gasteiger partial charge is 0.160 e. The predicted molar refractivity (Wildman–Crippen MR) is 71.6 cm³/mol. The van der Waals surface area contributed by atoms with Crippen molar-refractivity contribution < 1.29 is 0 Å². The minimum atomic E-state index is 0.0736. The van der Waals surface area contributed by atoms with Crippen LogP contribution in [0.1, 0.15) is 48.5 Å². The zero-order chi connectivity index (χ0) is 11.9. The van der Waals surface area contributed by atoms with Crippen molar-refractivity contribution in [3.63, 3.8) is 0 Å². The Balaban J connectivity index is 2.99. The van der Waals surface area contributed by atoms with E-state index in [2.05, 4.69) is 66.1 Å². The first-order valence-electron chi connectivity index (χ1n) is 5.62. The van der Waals surface area contributed by atoms with E-state index in [1.165, 1.54) is 5.75 Å². The fourth-order valence-electron chi connectivity index (χ4n) is 1.58. The second-order valence-electron chi connectivity index (χ2n) is 6.66. The number of rotatable bonds is 0. The van der Waals surface area contributed by atoms with E-state index in [1.54, 1.807) is 0 Å². The molecule has 0 fully saturated rings. The van der Waals surface area contributed by atoms with Crippen molar-refractivity contribution in [1.29, 1.82) is 0 Å². The van der Waals surface area contributed by atoms with Crippen molar-refractivity contribution in [1.82, 2.24) is 0 Å². The molecule has 1 unspecified atom stereocenters. The highest BCUT2D eigenvalue weighted by Gasteiger charge is 2.36. The quantitative estimate of drug-likeness (QED) is 0.335. The maximum atomic E-state index is 3.44. The Morgan fingerprint density at radius 2 is 1.60 bits per heavy atom. The summed E-state index contributed by atoms with van der Waals surface area (Å²) >= 11 is 0. The van der Waals surface area contributed by atoms with E-state index in [0.717, 1.165) is 0 Å². The van der Waals surface area contributed by atoms with Gasteiger partial charge in [0.05, 0.1) is 15.9 Å². The molecule has 0 radical (unpaired) electrons. The Labute approximate surface area is 98.6 Å². The molecule has 1 heterocycles. The molecule has 0 aromatic carbocycles. The third-order valence-electron chi connectivity index (χ3n) is 2.46. The molecule has 0 amide bonds. The maximum Gasteiger partial charge on any atom is 0.0955 e. The van der Waals surface area contributed by atoms with Crippen LogP contribution < -0.4 is 0 Å². The molecular formula is C14H24S. The normalized spacial score (nSPS) is 28.9.